The number of nitrogens with two attached hydrogens (primary N) is 1. The number of nitrogens with zero attached hydrogens (tertiary/aromatic N) is 1. The lowest BCUT2D eigenvalue weighted by Gasteiger charge is -2.16. The Balaban J connectivity index is 0. The minimum Gasteiger partial charge on any atom is -0.316 e. The van der Waals surface area contributed by atoms with Gasteiger partial charge in [0.05, 0.1) is 6.17 Å². The first-order chi connectivity index (χ1) is 5.18. The van der Waals surface area contributed by atoms with Crippen LogP contribution in [0.2, 0.25) is 0 Å². The van der Waals surface area contributed by atoms with E-state index in [-0.39, 0.29) is 6.17 Å². The van der Waals surface area contributed by atoms with E-state index in [9.17, 15) is 0 Å². The first kappa shape index (κ1) is 14.5. The van der Waals surface area contributed by atoms with Gasteiger partial charge in [0.15, 0.2) is 0 Å². The summed E-state index contributed by atoms with van der Waals surface area (Å²) in [5.74, 6) is 0. The Morgan fingerprint density at radius 1 is 1.42 bits per heavy atom. The molecule has 0 saturated carbocycles. The first-order valence-corrected chi connectivity index (χ1v) is 4.95. The van der Waals surface area contributed by atoms with Crippen molar-refractivity contribution in [2.75, 3.05) is 14.1 Å². The molecule has 0 aromatic rings. The molecule has 0 aliphatic carbocycles. The lowest BCUT2D eigenvalue weighted by Crippen LogP contribution is -2.35. The Kier molecular flexibility index (Phi) is 7.92. The average Bonchev–Trinajstić information content (AvgIpc) is 1.82. The lowest BCUT2D eigenvalue weighted by atomic mass is 10.4. The number of hydrogen-bond donors (Lipinski definition) is 4. The maximum Gasteiger partial charge on any atom is 0.466 e. The second kappa shape index (κ2) is 6.54. The number of phosphoric acid groups is 1. The van der Waals surface area contributed by atoms with Crippen molar-refractivity contribution in [3.05, 3.63) is 0 Å². The van der Waals surface area contributed by atoms with Crippen LogP contribution in [0, 0.1) is 0 Å². The molecule has 0 aliphatic heterocycles. The van der Waals surface area contributed by atoms with Gasteiger partial charge in [-0.25, -0.2) is 4.57 Å². The Bertz CT molecular complexity index is 138. The molecule has 5 N–H and O–H groups in total. The highest BCUT2D eigenvalue weighted by molar-refractivity contribution is 7.45. The Hall–Kier alpha value is 0.0300. The lowest BCUT2D eigenvalue weighted by molar-refractivity contribution is 0.275. The minimum absolute atomic E-state index is 0.236. The molecular formula is C5H17N2O4P. The van der Waals surface area contributed by atoms with Crippen molar-refractivity contribution in [1.29, 1.82) is 0 Å². The highest BCUT2D eigenvalue weighted by Gasteiger charge is 2.00. The van der Waals surface area contributed by atoms with E-state index >= 15 is 0 Å². The van der Waals surface area contributed by atoms with Gasteiger partial charge in [0.1, 0.15) is 0 Å². The quantitative estimate of drug-likeness (QED) is 0.347. The standard InChI is InChI=1S/C5H14N2.H3O4P/c1-4-5(6)7(2)3;1-5(2,3)4/h5H,4,6H2,1-3H3;(H3,1,2,3,4). The molecule has 0 spiro atoms. The van der Waals surface area contributed by atoms with Crippen LogP contribution in [0.1, 0.15) is 13.3 Å². The Morgan fingerprint density at radius 3 is 1.67 bits per heavy atom. The summed E-state index contributed by atoms with van der Waals surface area (Å²) in [6.45, 7) is 2.07. The van der Waals surface area contributed by atoms with Crippen LogP contribution in [-0.4, -0.2) is 39.8 Å². The van der Waals surface area contributed by atoms with Crippen molar-refractivity contribution >= 4 is 7.82 Å². The van der Waals surface area contributed by atoms with E-state index < -0.39 is 7.82 Å². The normalized spacial score (nSPS) is 13.7. The molecule has 7 heteroatoms. The fourth-order valence-electron chi connectivity index (χ4n) is 0.365. The summed E-state index contributed by atoms with van der Waals surface area (Å²) in [5, 5.41) is 0. The number of hydrogen-bond acceptors (Lipinski definition) is 3. The molecule has 0 amide bonds. The highest BCUT2D eigenvalue weighted by Crippen LogP contribution is 2.25. The largest absolute Gasteiger partial charge is 0.466 e. The van der Waals surface area contributed by atoms with Crippen LogP contribution >= 0.6 is 7.82 Å². The van der Waals surface area contributed by atoms with Gasteiger partial charge in [-0.2, -0.15) is 0 Å². The molecule has 0 radical (unpaired) electrons. The molecule has 1 unspecified atom stereocenters. The van der Waals surface area contributed by atoms with Gasteiger partial charge in [0.25, 0.3) is 0 Å². The van der Waals surface area contributed by atoms with E-state index in [1.54, 1.807) is 0 Å². The Labute approximate surface area is 72.2 Å². The maximum absolute atomic E-state index is 8.88. The predicted molar refractivity (Wildman–Crippen MR) is 46.2 cm³/mol. The molecule has 1 atom stereocenters. The molecule has 0 aromatic heterocycles. The summed E-state index contributed by atoms with van der Waals surface area (Å²) >= 11 is 0. The van der Waals surface area contributed by atoms with Crippen molar-refractivity contribution in [3.8, 4) is 0 Å². The van der Waals surface area contributed by atoms with Gasteiger partial charge in [-0.05, 0) is 20.5 Å². The molecule has 0 saturated heterocycles. The average molecular weight is 200 g/mol. The van der Waals surface area contributed by atoms with E-state index in [4.69, 9.17) is 25.0 Å². The van der Waals surface area contributed by atoms with E-state index in [0.29, 0.717) is 0 Å². The molecule has 0 bridgehead atoms. The molecule has 0 fully saturated rings. The summed E-state index contributed by atoms with van der Waals surface area (Å²) < 4.78 is 8.88. The Morgan fingerprint density at radius 2 is 1.67 bits per heavy atom. The van der Waals surface area contributed by atoms with Crippen LogP contribution in [-0.2, 0) is 4.57 Å². The fraction of sp³-hybridized carbons (Fsp3) is 1.00. The molecule has 6 nitrogen and oxygen atoms in total. The van der Waals surface area contributed by atoms with Crippen molar-refractivity contribution in [2.24, 2.45) is 5.73 Å². The van der Waals surface area contributed by atoms with E-state index in [1.807, 2.05) is 19.0 Å². The molecule has 12 heavy (non-hydrogen) atoms. The highest BCUT2D eigenvalue weighted by atomic mass is 31.2. The van der Waals surface area contributed by atoms with Crippen LogP contribution < -0.4 is 5.73 Å². The topological polar surface area (TPSA) is 107 Å². The van der Waals surface area contributed by atoms with Gasteiger partial charge in [0, 0.05) is 0 Å². The van der Waals surface area contributed by atoms with E-state index in [2.05, 4.69) is 6.92 Å². The van der Waals surface area contributed by atoms with Crippen molar-refractivity contribution in [1.82, 2.24) is 4.90 Å². The van der Waals surface area contributed by atoms with E-state index in [0.717, 1.165) is 6.42 Å². The summed E-state index contributed by atoms with van der Waals surface area (Å²) in [4.78, 5) is 23.6. The van der Waals surface area contributed by atoms with Gasteiger partial charge < -0.3 is 20.4 Å². The second-order valence-electron chi connectivity index (χ2n) is 2.45. The summed E-state index contributed by atoms with van der Waals surface area (Å²) in [5.41, 5.74) is 5.54. The maximum atomic E-state index is 8.88. The first-order valence-electron chi connectivity index (χ1n) is 3.38. The molecule has 0 aromatic carbocycles. The zero-order valence-corrected chi connectivity index (χ0v) is 8.40. The SMILES string of the molecule is CCC(N)N(C)C.O=P(O)(O)O. The third kappa shape index (κ3) is 22.5. The summed E-state index contributed by atoms with van der Waals surface area (Å²) in [7, 11) is -0.678. The number of rotatable bonds is 2. The van der Waals surface area contributed by atoms with Gasteiger partial charge in [-0.1, -0.05) is 6.92 Å². The minimum atomic E-state index is -4.64. The molecular weight excluding hydrogens is 183 g/mol. The third-order valence-electron chi connectivity index (χ3n) is 1.08. The molecule has 0 aliphatic rings. The third-order valence-corrected chi connectivity index (χ3v) is 1.08. The molecule has 76 valence electrons. The molecule has 0 rings (SSSR count). The fourth-order valence-corrected chi connectivity index (χ4v) is 0.365. The van der Waals surface area contributed by atoms with Crippen LogP contribution in [0.15, 0.2) is 0 Å². The van der Waals surface area contributed by atoms with Crippen LogP contribution in [0.25, 0.3) is 0 Å². The van der Waals surface area contributed by atoms with Gasteiger partial charge in [0.2, 0.25) is 0 Å². The van der Waals surface area contributed by atoms with Crippen LogP contribution in [0.4, 0.5) is 0 Å². The zero-order chi connectivity index (χ0) is 10.4. The summed E-state index contributed by atoms with van der Waals surface area (Å²) in [6.07, 6.45) is 1.26. The smallest absolute Gasteiger partial charge is 0.316 e. The predicted octanol–water partition coefficient (Wildman–Crippen LogP) is -0.686. The van der Waals surface area contributed by atoms with Gasteiger partial charge in [-0.15, -0.1) is 0 Å². The van der Waals surface area contributed by atoms with Gasteiger partial charge >= 0.3 is 7.82 Å². The van der Waals surface area contributed by atoms with E-state index in [1.165, 1.54) is 0 Å². The monoisotopic (exact) mass is 200 g/mol. The zero-order valence-electron chi connectivity index (χ0n) is 7.51. The summed E-state index contributed by atoms with van der Waals surface area (Å²) in [6, 6.07) is 0. The van der Waals surface area contributed by atoms with Crippen molar-refractivity contribution < 1.29 is 19.2 Å². The van der Waals surface area contributed by atoms with Crippen LogP contribution in [0.3, 0.4) is 0 Å². The van der Waals surface area contributed by atoms with Crippen molar-refractivity contribution in [2.45, 2.75) is 19.5 Å². The van der Waals surface area contributed by atoms with Crippen LogP contribution in [0.5, 0.6) is 0 Å². The molecule has 0 heterocycles. The van der Waals surface area contributed by atoms with Crippen molar-refractivity contribution in [3.63, 3.8) is 0 Å². The second-order valence-corrected chi connectivity index (χ2v) is 3.48. The van der Waals surface area contributed by atoms with Gasteiger partial charge in [-0.3, -0.25) is 4.90 Å².